The number of nitrogens with zero attached hydrogens (tertiary/aromatic N) is 3. The van der Waals surface area contributed by atoms with Crippen molar-refractivity contribution in [2.24, 2.45) is 0 Å². The number of ether oxygens (including phenoxy) is 1. The van der Waals surface area contributed by atoms with Crippen LogP contribution in [0.25, 0.3) is 0 Å². The van der Waals surface area contributed by atoms with Gasteiger partial charge in [-0.15, -0.1) is 0 Å². The zero-order valence-electron chi connectivity index (χ0n) is 12.5. The smallest absolute Gasteiger partial charge is 0.259 e. The van der Waals surface area contributed by atoms with Crippen LogP contribution in [0.2, 0.25) is 0 Å². The van der Waals surface area contributed by atoms with Gasteiger partial charge in [-0.05, 0) is 20.3 Å². The molecule has 7 nitrogen and oxygen atoms in total. The molecule has 114 valence electrons. The van der Waals surface area contributed by atoms with E-state index in [0.717, 1.165) is 6.42 Å². The molecule has 0 aromatic carbocycles. The second-order valence-corrected chi connectivity index (χ2v) is 5.66. The fourth-order valence-corrected chi connectivity index (χ4v) is 3.07. The maximum absolute atomic E-state index is 12.6. The van der Waals surface area contributed by atoms with Gasteiger partial charge in [0, 0.05) is 20.1 Å². The predicted molar refractivity (Wildman–Crippen MR) is 72.8 cm³/mol. The zero-order chi connectivity index (χ0) is 15.1. The maximum atomic E-state index is 12.6. The first-order valence-corrected chi connectivity index (χ1v) is 7.08. The summed E-state index contributed by atoms with van der Waals surface area (Å²) in [6, 6.07) is -0.0792. The SMILES string of the molecule is Cc1noc(C)c1C(=O)N1CC[C@H]2OCC(=O)N(C)[C@H]2C1. The molecule has 2 fully saturated rings. The molecule has 3 heterocycles. The second kappa shape index (κ2) is 5.14. The lowest BCUT2D eigenvalue weighted by molar-refractivity contribution is -0.159. The summed E-state index contributed by atoms with van der Waals surface area (Å²) in [4.78, 5) is 27.8. The summed E-state index contributed by atoms with van der Waals surface area (Å²) in [5.74, 6) is 0.406. The van der Waals surface area contributed by atoms with Crippen molar-refractivity contribution in [2.45, 2.75) is 32.4 Å². The number of fused-ring (bicyclic) bond motifs is 1. The number of hydrogen-bond acceptors (Lipinski definition) is 5. The summed E-state index contributed by atoms with van der Waals surface area (Å²) in [7, 11) is 1.77. The molecule has 0 bridgehead atoms. The molecule has 0 spiro atoms. The largest absolute Gasteiger partial charge is 0.366 e. The molecule has 0 radical (unpaired) electrons. The molecule has 2 aliphatic heterocycles. The van der Waals surface area contributed by atoms with Crippen molar-refractivity contribution in [3.63, 3.8) is 0 Å². The van der Waals surface area contributed by atoms with E-state index in [1.807, 2.05) is 0 Å². The van der Waals surface area contributed by atoms with Crippen LogP contribution in [0.1, 0.15) is 28.2 Å². The van der Waals surface area contributed by atoms with Gasteiger partial charge < -0.3 is 19.1 Å². The average molecular weight is 293 g/mol. The molecule has 1 aromatic heterocycles. The van der Waals surface area contributed by atoms with Crippen molar-refractivity contribution < 1.29 is 18.8 Å². The summed E-state index contributed by atoms with van der Waals surface area (Å²) in [5.41, 5.74) is 1.13. The van der Waals surface area contributed by atoms with Gasteiger partial charge in [-0.3, -0.25) is 9.59 Å². The molecule has 0 unspecified atom stereocenters. The standard InChI is InChI=1S/C14H19N3O4/c1-8-13(9(2)21-15-8)14(19)17-5-4-11-10(6-17)16(3)12(18)7-20-11/h10-11H,4-7H2,1-3H3/t10-,11+/m0/s1. The lowest BCUT2D eigenvalue weighted by atomic mass is 9.98. The van der Waals surface area contributed by atoms with E-state index >= 15 is 0 Å². The Morgan fingerprint density at radius 1 is 1.38 bits per heavy atom. The maximum Gasteiger partial charge on any atom is 0.259 e. The molecule has 2 saturated heterocycles. The molecule has 3 rings (SSSR count). The Morgan fingerprint density at radius 3 is 2.81 bits per heavy atom. The Kier molecular flexibility index (Phi) is 3.44. The van der Waals surface area contributed by atoms with E-state index in [2.05, 4.69) is 5.16 Å². The molecular weight excluding hydrogens is 274 g/mol. The van der Waals surface area contributed by atoms with Gasteiger partial charge in [0.1, 0.15) is 17.9 Å². The number of rotatable bonds is 1. The van der Waals surface area contributed by atoms with Crippen LogP contribution in [-0.2, 0) is 9.53 Å². The highest BCUT2D eigenvalue weighted by atomic mass is 16.5. The van der Waals surface area contributed by atoms with Crippen molar-refractivity contribution in [2.75, 3.05) is 26.7 Å². The summed E-state index contributed by atoms with van der Waals surface area (Å²) in [5, 5.41) is 3.83. The Balaban J connectivity index is 1.79. The summed E-state index contributed by atoms with van der Waals surface area (Å²) >= 11 is 0. The third kappa shape index (κ3) is 2.31. The Morgan fingerprint density at radius 2 is 2.14 bits per heavy atom. The van der Waals surface area contributed by atoms with E-state index in [-0.39, 0.29) is 30.6 Å². The van der Waals surface area contributed by atoms with Crippen LogP contribution in [0, 0.1) is 13.8 Å². The van der Waals surface area contributed by atoms with Gasteiger partial charge >= 0.3 is 0 Å². The average Bonchev–Trinajstić information content (AvgIpc) is 2.81. The number of likely N-dealkylation sites (N-methyl/N-ethyl adjacent to an activating group) is 1. The van der Waals surface area contributed by atoms with Gasteiger partial charge in [0.25, 0.3) is 5.91 Å². The fraction of sp³-hybridized carbons (Fsp3) is 0.643. The first kappa shape index (κ1) is 14.1. The summed E-state index contributed by atoms with van der Waals surface area (Å²) in [6.07, 6.45) is 0.749. The topological polar surface area (TPSA) is 75.9 Å². The van der Waals surface area contributed by atoms with E-state index in [4.69, 9.17) is 9.26 Å². The van der Waals surface area contributed by atoms with Gasteiger partial charge in [0.15, 0.2) is 0 Å². The molecule has 0 saturated carbocycles. The quantitative estimate of drug-likeness (QED) is 0.747. The number of aryl methyl sites for hydroxylation is 2. The molecular formula is C14H19N3O4. The number of likely N-dealkylation sites (tertiary alicyclic amines) is 1. The number of morpholine rings is 1. The van der Waals surface area contributed by atoms with Gasteiger partial charge in [-0.2, -0.15) is 0 Å². The third-order valence-corrected chi connectivity index (χ3v) is 4.37. The van der Waals surface area contributed by atoms with Crippen LogP contribution >= 0.6 is 0 Å². The molecule has 7 heteroatoms. The Bertz CT molecular complexity index is 563. The Hall–Kier alpha value is -1.89. The van der Waals surface area contributed by atoms with Crippen molar-refractivity contribution in [1.82, 2.24) is 15.0 Å². The minimum Gasteiger partial charge on any atom is -0.366 e. The van der Waals surface area contributed by atoms with Gasteiger partial charge in [-0.25, -0.2) is 0 Å². The monoisotopic (exact) mass is 293 g/mol. The second-order valence-electron chi connectivity index (χ2n) is 5.66. The van der Waals surface area contributed by atoms with E-state index in [1.165, 1.54) is 0 Å². The van der Waals surface area contributed by atoms with Crippen molar-refractivity contribution in [1.29, 1.82) is 0 Å². The van der Waals surface area contributed by atoms with E-state index in [0.29, 0.717) is 30.1 Å². The van der Waals surface area contributed by atoms with Crippen LogP contribution in [0.3, 0.4) is 0 Å². The van der Waals surface area contributed by atoms with Gasteiger partial charge in [0.05, 0.1) is 17.8 Å². The van der Waals surface area contributed by atoms with Crippen LogP contribution in [0.4, 0.5) is 0 Å². The number of amides is 2. The zero-order valence-corrected chi connectivity index (χ0v) is 12.5. The highest BCUT2D eigenvalue weighted by Crippen LogP contribution is 2.25. The molecule has 2 amide bonds. The number of piperidine rings is 1. The Labute approximate surface area is 122 Å². The molecule has 0 aliphatic carbocycles. The molecule has 1 aromatic rings. The molecule has 21 heavy (non-hydrogen) atoms. The van der Waals surface area contributed by atoms with E-state index in [1.54, 1.807) is 30.7 Å². The lowest BCUT2D eigenvalue weighted by Gasteiger charge is -2.45. The highest BCUT2D eigenvalue weighted by molar-refractivity contribution is 5.96. The normalized spacial score (nSPS) is 26.0. The molecule has 2 aliphatic rings. The number of hydrogen-bond donors (Lipinski definition) is 0. The number of carbonyl (C=O) groups is 2. The minimum absolute atomic E-state index is 0.0152. The van der Waals surface area contributed by atoms with E-state index in [9.17, 15) is 9.59 Å². The van der Waals surface area contributed by atoms with Crippen molar-refractivity contribution >= 4 is 11.8 Å². The van der Waals surface area contributed by atoms with Gasteiger partial charge in [-0.1, -0.05) is 5.16 Å². The first-order chi connectivity index (χ1) is 9.99. The van der Waals surface area contributed by atoms with Crippen molar-refractivity contribution in [3.8, 4) is 0 Å². The fourth-order valence-electron chi connectivity index (χ4n) is 3.07. The van der Waals surface area contributed by atoms with Crippen LogP contribution in [0.5, 0.6) is 0 Å². The van der Waals surface area contributed by atoms with Crippen LogP contribution in [0.15, 0.2) is 4.52 Å². The van der Waals surface area contributed by atoms with Gasteiger partial charge in [0.2, 0.25) is 5.91 Å². The van der Waals surface area contributed by atoms with Crippen molar-refractivity contribution in [3.05, 3.63) is 17.0 Å². The highest BCUT2D eigenvalue weighted by Gasteiger charge is 2.40. The molecule has 2 atom stereocenters. The minimum atomic E-state index is -0.0869. The molecule has 0 N–H and O–H groups in total. The number of carbonyl (C=O) groups excluding carboxylic acids is 2. The first-order valence-electron chi connectivity index (χ1n) is 7.08. The van der Waals surface area contributed by atoms with Crippen LogP contribution in [-0.4, -0.2) is 65.7 Å². The lowest BCUT2D eigenvalue weighted by Crippen LogP contribution is -2.61. The van der Waals surface area contributed by atoms with E-state index < -0.39 is 0 Å². The summed E-state index contributed by atoms with van der Waals surface area (Å²) in [6.45, 7) is 4.73. The predicted octanol–water partition coefficient (Wildman–Crippen LogP) is 0.363. The van der Waals surface area contributed by atoms with Crippen LogP contribution < -0.4 is 0 Å². The third-order valence-electron chi connectivity index (χ3n) is 4.37. The summed E-state index contributed by atoms with van der Waals surface area (Å²) < 4.78 is 10.6. The number of aromatic nitrogens is 1.